The van der Waals surface area contributed by atoms with Crippen LogP contribution < -0.4 is 11.1 Å². The van der Waals surface area contributed by atoms with E-state index in [1.807, 2.05) is 0 Å². The Hall–Kier alpha value is -3.04. The molecule has 0 bridgehead atoms. The first-order valence-electron chi connectivity index (χ1n) is 9.19. The zero-order valence-corrected chi connectivity index (χ0v) is 17.3. The van der Waals surface area contributed by atoms with Crippen molar-refractivity contribution in [1.29, 1.82) is 0 Å². The molecule has 1 aromatic carbocycles. The van der Waals surface area contributed by atoms with E-state index in [0.29, 0.717) is 15.4 Å². The molecule has 0 atom stereocenters. The summed E-state index contributed by atoms with van der Waals surface area (Å²) in [7, 11) is 0. The second-order valence-electron chi connectivity index (χ2n) is 6.72. The summed E-state index contributed by atoms with van der Waals surface area (Å²) < 4.78 is 18.1. The third-order valence-electron chi connectivity index (χ3n) is 4.69. The van der Waals surface area contributed by atoms with Crippen molar-refractivity contribution in [3.8, 4) is 10.4 Å². The van der Waals surface area contributed by atoms with Crippen LogP contribution in [0.1, 0.15) is 36.9 Å². The largest absolute Gasteiger partial charge is 0.451 e. The Morgan fingerprint density at radius 3 is 2.57 bits per heavy atom. The van der Waals surface area contributed by atoms with E-state index in [1.165, 1.54) is 34.8 Å². The fourth-order valence-corrected chi connectivity index (χ4v) is 5.55. The van der Waals surface area contributed by atoms with Gasteiger partial charge in [0.1, 0.15) is 15.7 Å². The number of aryl methyl sites for hydroxylation is 1. The van der Waals surface area contributed by atoms with Gasteiger partial charge in [-0.15, -0.1) is 22.7 Å². The number of hydrogen-bond acceptors (Lipinski definition) is 6. The highest BCUT2D eigenvalue weighted by molar-refractivity contribution is 7.17. The second kappa shape index (κ2) is 8.37. The molecule has 154 valence electrons. The van der Waals surface area contributed by atoms with Crippen LogP contribution in [0.2, 0.25) is 0 Å². The molecule has 6 nitrogen and oxygen atoms in total. The molecule has 2 aromatic heterocycles. The Balaban J connectivity index is 1.37. The van der Waals surface area contributed by atoms with E-state index in [4.69, 9.17) is 10.5 Å². The lowest BCUT2D eigenvalue weighted by atomic mass is 10.1. The van der Waals surface area contributed by atoms with Gasteiger partial charge in [0.05, 0.1) is 5.56 Å². The van der Waals surface area contributed by atoms with Crippen LogP contribution in [0.5, 0.6) is 0 Å². The molecule has 1 aliphatic rings. The molecule has 4 rings (SSSR count). The van der Waals surface area contributed by atoms with E-state index in [9.17, 15) is 18.8 Å². The van der Waals surface area contributed by atoms with Gasteiger partial charge in [-0.25, -0.2) is 9.18 Å². The summed E-state index contributed by atoms with van der Waals surface area (Å²) in [6, 6.07) is 9.27. The van der Waals surface area contributed by atoms with Gasteiger partial charge in [0.15, 0.2) is 6.61 Å². The number of fused-ring (bicyclic) bond motifs is 1. The van der Waals surface area contributed by atoms with Gasteiger partial charge in [-0.3, -0.25) is 9.59 Å². The van der Waals surface area contributed by atoms with Gasteiger partial charge in [0.25, 0.3) is 11.8 Å². The monoisotopic (exact) mass is 444 g/mol. The average molecular weight is 445 g/mol. The number of nitrogens with one attached hydrogen (secondary N) is 1. The predicted octanol–water partition coefficient (Wildman–Crippen LogP) is 4.00. The summed E-state index contributed by atoms with van der Waals surface area (Å²) >= 11 is 2.53. The number of nitrogens with two attached hydrogens (primary N) is 1. The smallest absolute Gasteiger partial charge is 0.348 e. The zero-order chi connectivity index (χ0) is 21.3. The molecule has 0 aliphatic heterocycles. The number of amides is 2. The standard InChI is InChI=1S/C21H17FN2O4S2/c22-12-6-4-11(5-7-12)14-8-9-16(29-14)21(27)28-10-17(25)24-20-18(19(23)26)13-2-1-3-15(13)30-20/h4-9H,1-3,10H2,(H2,23,26)(H,24,25). The van der Waals surface area contributed by atoms with Crippen LogP contribution in [0.15, 0.2) is 36.4 Å². The highest BCUT2D eigenvalue weighted by atomic mass is 32.1. The number of benzene rings is 1. The maximum atomic E-state index is 13.1. The Morgan fingerprint density at radius 1 is 1.07 bits per heavy atom. The summed E-state index contributed by atoms with van der Waals surface area (Å²) in [6.45, 7) is -0.483. The van der Waals surface area contributed by atoms with Gasteiger partial charge in [0.2, 0.25) is 0 Å². The Labute approximate surface area is 179 Å². The summed E-state index contributed by atoms with van der Waals surface area (Å²) in [5.74, 6) is -2.08. The van der Waals surface area contributed by atoms with Crippen molar-refractivity contribution >= 4 is 45.5 Å². The number of ether oxygens (including phenoxy) is 1. The highest BCUT2D eigenvalue weighted by Gasteiger charge is 2.26. The molecule has 0 fully saturated rings. The third kappa shape index (κ3) is 4.12. The topological polar surface area (TPSA) is 98.5 Å². The number of primary amides is 1. The van der Waals surface area contributed by atoms with Crippen LogP contribution in [0.3, 0.4) is 0 Å². The zero-order valence-electron chi connectivity index (χ0n) is 15.7. The second-order valence-corrected chi connectivity index (χ2v) is 8.91. The van der Waals surface area contributed by atoms with Crippen LogP contribution in [-0.2, 0) is 22.4 Å². The molecular weight excluding hydrogens is 427 g/mol. The summed E-state index contributed by atoms with van der Waals surface area (Å²) in [5.41, 5.74) is 7.52. The first-order valence-corrected chi connectivity index (χ1v) is 10.8. The van der Waals surface area contributed by atoms with Crippen molar-refractivity contribution in [2.75, 3.05) is 11.9 Å². The predicted molar refractivity (Wildman–Crippen MR) is 113 cm³/mol. The van der Waals surface area contributed by atoms with Gasteiger partial charge in [-0.05, 0) is 54.7 Å². The van der Waals surface area contributed by atoms with Gasteiger partial charge in [0, 0.05) is 9.75 Å². The van der Waals surface area contributed by atoms with Gasteiger partial charge >= 0.3 is 5.97 Å². The molecule has 2 heterocycles. The molecule has 30 heavy (non-hydrogen) atoms. The molecule has 0 saturated carbocycles. The Kier molecular flexibility index (Phi) is 5.65. The van der Waals surface area contributed by atoms with Crippen LogP contribution in [0.4, 0.5) is 9.39 Å². The van der Waals surface area contributed by atoms with E-state index in [0.717, 1.165) is 40.1 Å². The van der Waals surface area contributed by atoms with E-state index in [2.05, 4.69) is 5.32 Å². The lowest BCUT2D eigenvalue weighted by Crippen LogP contribution is -2.22. The van der Waals surface area contributed by atoms with Crippen molar-refractivity contribution in [3.63, 3.8) is 0 Å². The maximum Gasteiger partial charge on any atom is 0.348 e. The molecule has 0 saturated heterocycles. The van der Waals surface area contributed by atoms with Gasteiger partial charge < -0.3 is 15.8 Å². The number of halogens is 1. The van der Waals surface area contributed by atoms with E-state index in [-0.39, 0.29) is 5.82 Å². The number of rotatable bonds is 6. The average Bonchev–Trinajstić information content (AvgIpc) is 3.42. The number of anilines is 1. The summed E-state index contributed by atoms with van der Waals surface area (Å²) in [4.78, 5) is 38.5. The first-order chi connectivity index (χ1) is 14.4. The van der Waals surface area contributed by atoms with Crippen molar-refractivity contribution in [1.82, 2.24) is 0 Å². The third-order valence-corrected chi connectivity index (χ3v) is 7.01. The molecule has 3 N–H and O–H groups in total. The molecule has 3 aromatic rings. The minimum Gasteiger partial charge on any atom is -0.451 e. The molecule has 0 radical (unpaired) electrons. The number of hydrogen-bond donors (Lipinski definition) is 2. The molecule has 0 unspecified atom stereocenters. The van der Waals surface area contributed by atoms with Gasteiger partial charge in [-0.2, -0.15) is 0 Å². The fraction of sp³-hybridized carbons (Fsp3) is 0.190. The number of carbonyl (C=O) groups is 3. The lowest BCUT2D eigenvalue weighted by molar-refractivity contribution is -0.119. The highest BCUT2D eigenvalue weighted by Crippen LogP contribution is 2.38. The molecule has 1 aliphatic carbocycles. The Bertz CT molecular complexity index is 1130. The summed E-state index contributed by atoms with van der Waals surface area (Å²) in [5, 5.41) is 3.04. The summed E-state index contributed by atoms with van der Waals surface area (Å²) in [6.07, 6.45) is 2.59. The SMILES string of the molecule is NC(=O)c1c(NC(=O)COC(=O)c2ccc(-c3ccc(F)cc3)s2)sc2c1CCC2. The van der Waals surface area contributed by atoms with Crippen molar-refractivity contribution in [2.45, 2.75) is 19.3 Å². The first kappa shape index (κ1) is 20.2. The minimum atomic E-state index is -0.632. The van der Waals surface area contributed by atoms with Crippen LogP contribution in [0, 0.1) is 5.82 Å². The fourth-order valence-electron chi connectivity index (χ4n) is 3.33. The van der Waals surface area contributed by atoms with Crippen molar-refractivity contribution < 1.29 is 23.5 Å². The molecule has 2 amide bonds. The maximum absolute atomic E-state index is 13.1. The lowest BCUT2D eigenvalue weighted by Gasteiger charge is -2.06. The van der Waals surface area contributed by atoms with Crippen LogP contribution >= 0.6 is 22.7 Å². The van der Waals surface area contributed by atoms with Gasteiger partial charge in [-0.1, -0.05) is 12.1 Å². The van der Waals surface area contributed by atoms with Crippen LogP contribution in [0.25, 0.3) is 10.4 Å². The van der Waals surface area contributed by atoms with E-state index >= 15 is 0 Å². The number of esters is 1. The molecular formula is C21H17FN2O4S2. The normalized spacial score (nSPS) is 12.4. The van der Waals surface area contributed by atoms with Crippen LogP contribution in [-0.4, -0.2) is 24.4 Å². The van der Waals surface area contributed by atoms with E-state index in [1.54, 1.807) is 24.3 Å². The number of carbonyl (C=O) groups excluding carboxylic acids is 3. The number of thiophene rings is 2. The minimum absolute atomic E-state index is 0.329. The molecule has 9 heteroatoms. The van der Waals surface area contributed by atoms with Crippen molar-refractivity contribution in [3.05, 3.63) is 63.1 Å². The Morgan fingerprint density at radius 2 is 1.83 bits per heavy atom. The van der Waals surface area contributed by atoms with Crippen molar-refractivity contribution in [2.24, 2.45) is 5.73 Å². The molecule has 0 spiro atoms. The quantitative estimate of drug-likeness (QED) is 0.562. The van der Waals surface area contributed by atoms with E-state index < -0.39 is 24.4 Å².